The standard InChI is InChI=1S/C15H20N2O/c1-11-5-3-4-8-17(11)15-9-13(10-16)6-7-14(15)12(2)18/h6-7,9,11-12,18H,3-5,8H2,1-2H3/t11?,12-/m0/s1. The van der Waals surface area contributed by atoms with Crippen molar-refractivity contribution in [2.75, 3.05) is 11.4 Å². The molecule has 1 aromatic carbocycles. The number of rotatable bonds is 2. The number of hydrogen-bond acceptors (Lipinski definition) is 3. The van der Waals surface area contributed by atoms with Gasteiger partial charge in [0.2, 0.25) is 0 Å². The van der Waals surface area contributed by atoms with Gasteiger partial charge >= 0.3 is 0 Å². The number of nitrogens with zero attached hydrogens (tertiary/aromatic N) is 2. The summed E-state index contributed by atoms with van der Waals surface area (Å²) in [6.07, 6.45) is 3.12. The van der Waals surface area contributed by atoms with E-state index in [1.165, 1.54) is 19.3 Å². The molecule has 1 fully saturated rings. The highest BCUT2D eigenvalue weighted by Gasteiger charge is 2.22. The van der Waals surface area contributed by atoms with Crippen LogP contribution in [-0.2, 0) is 0 Å². The van der Waals surface area contributed by atoms with Gasteiger partial charge in [-0.05, 0) is 45.2 Å². The van der Waals surface area contributed by atoms with Gasteiger partial charge in [0.15, 0.2) is 0 Å². The number of benzene rings is 1. The van der Waals surface area contributed by atoms with Gasteiger partial charge in [-0.1, -0.05) is 6.07 Å². The van der Waals surface area contributed by atoms with E-state index in [4.69, 9.17) is 5.26 Å². The summed E-state index contributed by atoms with van der Waals surface area (Å²) >= 11 is 0. The predicted molar refractivity (Wildman–Crippen MR) is 72.4 cm³/mol. The van der Waals surface area contributed by atoms with Crippen LogP contribution in [0.25, 0.3) is 0 Å². The molecular formula is C15H20N2O. The number of aliphatic hydroxyl groups excluding tert-OH is 1. The summed E-state index contributed by atoms with van der Waals surface area (Å²) in [5, 5.41) is 18.9. The summed E-state index contributed by atoms with van der Waals surface area (Å²) in [6.45, 7) is 5.00. The molecule has 1 unspecified atom stereocenters. The third kappa shape index (κ3) is 2.49. The van der Waals surface area contributed by atoms with Crippen LogP contribution in [0.2, 0.25) is 0 Å². The molecule has 1 aliphatic heterocycles. The van der Waals surface area contributed by atoms with Crippen molar-refractivity contribution in [3.05, 3.63) is 29.3 Å². The number of piperidine rings is 1. The van der Waals surface area contributed by atoms with Gasteiger partial charge in [-0.3, -0.25) is 0 Å². The molecule has 96 valence electrons. The summed E-state index contributed by atoms with van der Waals surface area (Å²) in [6, 6.07) is 8.22. The number of aliphatic hydroxyl groups is 1. The molecule has 18 heavy (non-hydrogen) atoms. The van der Waals surface area contributed by atoms with E-state index in [1.807, 2.05) is 12.1 Å². The van der Waals surface area contributed by atoms with Gasteiger partial charge in [-0.25, -0.2) is 0 Å². The molecule has 1 heterocycles. The van der Waals surface area contributed by atoms with Crippen LogP contribution in [0.4, 0.5) is 5.69 Å². The Balaban J connectivity index is 2.42. The third-order valence-corrected chi connectivity index (χ3v) is 3.72. The molecule has 0 bridgehead atoms. The van der Waals surface area contributed by atoms with Crippen molar-refractivity contribution in [1.29, 1.82) is 5.26 Å². The minimum absolute atomic E-state index is 0.477. The third-order valence-electron chi connectivity index (χ3n) is 3.72. The van der Waals surface area contributed by atoms with Gasteiger partial charge < -0.3 is 10.0 Å². The zero-order chi connectivity index (χ0) is 13.1. The van der Waals surface area contributed by atoms with E-state index in [0.29, 0.717) is 11.6 Å². The van der Waals surface area contributed by atoms with Crippen molar-refractivity contribution < 1.29 is 5.11 Å². The Hall–Kier alpha value is -1.53. The molecule has 1 N–H and O–H groups in total. The fourth-order valence-corrected chi connectivity index (χ4v) is 2.67. The Morgan fingerprint density at radius 1 is 1.44 bits per heavy atom. The molecule has 1 aromatic rings. The molecule has 2 rings (SSSR count). The maximum absolute atomic E-state index is 9.88. The van der Waals surface area contributed by atoms with E-state index in [9.17, 15) is 5.11 Å². The van der Waals surface area contributed by atoms with Gasteiger partial charge in [-0.15, -0.1) is 0 Å². The molecule has 0 aliphatic carbocycles. The van der Waals surface area contributed by atoms with Gasteiger partial charge in [0, 0.05) is 23.8 Å². The quantitative estimate of drug-likeness (QED) is 0.870. The fraction of sp³-hybridized carbons (Fsp3) is 0.533. The SMILES string of the molecule is CC1CCCCN1c1cc(C#N)ccc1[C@H](C)O. The molecule has 3 nitrogen and oxygen atoms in total. The summed E-state index contributed by atoms with van der Waals surface area (Å²) in [5.41, 5.74) is 2.60. The van der Waals surface area contributed by atoms with E-state index in [1.54, 1.807) is 13.0 Å². The molecule has 2 atom stereocenters. The predicted octanol–water partition coefficient (Wildman–Crippen LogP) is 2.99. The molecule has 0 radical (unpaired) electrons. The van der Waals surface area contributed by atoms with E-state index in [0.717, 1.165) is 17.8 Å². The highest BCUT2D eigenvalue weighted by atomic mass is 16.3. The average Bonchev–Trinajstić information content (AvgIpc) is 2.38. The second-order valence-corrected chi connectivity index (χ2v) is 5.10. The lowest BCUT2D eigenvalue weighted by Gasteiger charge is -2.37. The van der Waals surface area contributed by atoms with Crippen LogP contribution in [-0.4, -0.2) is 17.7 Å². The Morgan fingerprint density at radius 2 is 2.22 bits per heavy atom. The molecule has 0 amide bonds. The second-order valence-electron chi connectivity index (χ2n) is 5.10. The average molecular weight is 244 g/mol. The first kappa shape index (κ1) is 12.9. The van der Waals surface area contributed by atoms with Crippen molar-refractivity contribution in [1.82, 2.24) is 0 Å². The monoisotopic (exact) mass is 244 g/mol. The van der Waals surface area contributed by atoms with Crippen molar-refractivity contribution in [2.45, 2.75) is 45.3 Å². The number of anilines is 1. The highest BCUT2D eigenvalue weighted by Crippen LogP contribution is 2.32. The molecule has 0 aromatic heterocycles. The molecule has 0 saturated carbocycles. The van der Waals surface area contributed by atoms with Crippen LogP contribution in [0, 0.1) is 11.3 Å². The van der Waals surface area contributed by atoms with Crippen LogP contribution in [0.5, 0.6) is 0 Å². The molecule has 0 spiro atoms. The molecular weight excluding hydrogens is 224 g/mol. The van der Waals surface area contributed by atoms with Crippen molar-refractivity contribution in [3.8, 4) is 6.07 Å². The van der Waals surface area contributed by atoms with E-state index >= 15 is 0 Å². The fourth-order valence-electron chi connectivity index (χ4n) is 2.67. The largest absolute Gasteiger partial charge is 0.389 e. The van der Waals surface area contributed by atoms with Crippen LogP contribution in [0.3, 0.4) is 0 Å². The summed E-state index contributed by atoms with van der Waals surface area (Å²) in [4.78, 5) is 2.33. The normalized spacial score (nSPS) is 21.4. The number of nitriles is 1. The smallest absolute Gasteiger partial charge is 0.0992 e. The summed E-state index contributed by atoms with van der Waals surface area (Å²) in [7, 11) is 0. The maximum atomic E-state index is 9.88. The zero-order valence-electron chi connectivity index (χ0n) is 11.1. The summed E-state index contributed by atoms with van der Waals surface area (Å²) < 4.78 is 0. The van der Waals surface area contributed by atoms with Crippen LogP contribution >= 0.6 is 0 Å². The minimum Gasteiger partial charge on any atom is -0.389 e. The van der Waals surface area contributed by atoms with Crippen molar-refractivity contribution >= 4 is 5.69 Å². The lowest BCUT2D eigenvalue weighted by Crippen LogP contribution is -2.38. The summed E-state index contributed by atoms with van der Waals surface area (Å²) in [5.74, 6) is 0. The molecule has 1 saturated heterocycles. The van der Waals surface area contributed by atoms with Gasteiger partial charge in [0.25, 0.3) is 0 Å². The lowest BCUT2D eigenvalue weighted by molar-refractivity contribution is 0.199. The molecule has 1 aliphatic rings. The van der Waals surface area contributed by atoms with Gasteiger partial charge in [0.05, 0.1) is 17.7 Å². The first-order valence-corrected chi connectivity index (χ1v) is 6.62. The zero-order valence-corrected chi connectivity index (χ0v) is 11.1. The second kappa shape index (κ2) is 5.41. The van der Waals surface area contributed by atoms with Gasteiger partial charge in [-0.2, -0.15) is 5.26 Å². The van der Waals surface area contributed by atoms with Crippen LogP contribution in [0.15, 0.2) is 18.2 Å². The Kier molecular flexibility index (Phi) is 3.88. The molecule has 3 heteroatoms. The lowest BCUT2D eigenvalue weighted by atomic mass is 9.98. The number of hydrogen-bond donors (Lipinski definition) is 1. The highest BCUT2D eigenvalue weighted by molar-refractivity contribution is 5.59. The van der Waals surface area contributed by atoms with E-state index < -0.39 is 6.10 Å². The Bertz CT molecular complexity index is 462. The Labute approximate surface area is 109 Å². The Morgan fingerprint density at radius 3 is 2.83 bits per heavy atom. The first-order chi connectivity index (χ1) is 8.63. The van der Waals surface area contributed by atoms with Crippen LogP contribution in [0.1, 0.15) is 50.3 Å². The minimum atomic E-state index is -0.498. The maximum Gasteiger partial charge on any atom is 0.0992 e. The topological polar surface area (TPSA) is 47.3 Å². The first-order valence-electron chi connectivity index (χ1n) is 6.62. The van der Waals surface area contributed by atoms with Gasteiger partial charge in [0.1, 0.15) is 0 Å². The van der Waals surface area contributed by atoms with Crippen molar-refractivity contribution in [2.24, 2.45) is 0 Å². The van der Waals surface area contributed by atoms with Crippen LogP contribution < -0.4 is 4.90 Å². The van der Waals surface area contributed by atoms with E-state index in [-0.39, 0.29) is 0 Å². The van der Waals surface area contributed by atoms with E-state index in [2.05, 4.69) is 17.9 Å². The van der Waals surface area contributed by atoms with Crippen molar-refractivity contribution in [3.63, 3.8) is 0 Å².